The third-order valence-electron chi connectivity index (χ3n) is 3.51. The van der Waals surface area contributed by atoms with Crippen molar-refractivity contribution in [2.24, 2.45) is 0 Å². The highest BCUT2D eigenvalue weighted by molar-refractivity contribution is 5.33. The molecule has 0 amide bonds. The molecule has 2 aromatic rings. The van der Waals surface area contributed by atoms with E-state index >= 15 is 0 Å². The Kier molecular flexibility index (Phi) is 5.85. The zero-order valence-electron chi connectivity index (χ0n) is 13.1. The lowest BCUT2D eigenvalue weighted by Gasteiger charge is -2.13. The van der Waals surface area contributed by atoms with Crippen LogP contribution in [-0.2, 0) is 0 Å². The largest absolute Gasteiger partial charge is 0.494 e. The van der Waals surface area contributed by atoms with Crippen molar-refractivity contribution in [3.63, 3.8) is 0 Å². The number of hydrogen-bond acceptors (Lipinski definition) is 3. The molecular formula is C19H21NO2. The Hall–Kier alpha value is -2.47. The minimum atomic E-state index is -0.167. The monoisotopic (exact) mass is 295 g/mol. The summed E-state index contributed by atoms with van der Waals surface area (Å²) in [5.41, 5.74) is 2.11. The van der Waals surface area contributed by atoms with Gasteiger partial charge in [0.2, 0.25) is 0 Å². The zero-order chi connectivity index (χ0) is 15.8. The molecule has 0 aromatic heterocycles. The van der Waals surface area contributed by atoms with Gasteiger partial charge in [-0.25, -0.2) is 0 Å². The van der Waals surface area contributed by atoms with Crippen molar-refractivity contribution in [1.29, 1.82) is 5.26 Å². The SMILES string of the molecule is CCOc1ccc(C(C#N)CCOc2ccccc2C)cc1. The summed E-state index contributed by atoms with van der Waals surface area (Å²) in [6, 6.07) is 18.0. The van der Waals surface area contributed by atoms with Crippen LogP contribution in [0.25, 0.3) is 0 Å². The number of benzene rings is 2. The predicted molar refractivity (Wildman–Crippen MR) is 87.3 cm³/mol. The van der Waals surface area contributed by atoms with E-state index in [-0.39, 0.29) is 5.92 Å². The van der Waals surface area contributed by atoms with Gasteiger partial charge in [0.25, 0.3) is 0 Å². The molecule has 3 heteroatoms. The third-order valence-corrected chi connectivity index (χ3v) is 3.51. The molecule has 0 aliphatic rings. The summed E-state index contributed by atoms with van der Waals surface area (Å²) in [6.07, 6.45) is 0.665. The van der Waals surface area contributed by atoms with Crippen LogP contribution in [0.15, 0.2) is 48.5 Å². The Bertz CT molecular complexity index is 629. The van der Waals surface area contributed by atoms with E-state index in [1.54, 1.807) is 0 Å². The summed E-state index contributed by atoms with van der Waals surface area (Å²) in [4.78, 5) is 0. The molecule has 3 nitrogen and oxygen atoms in total. The van der Waals surface area contributed by atoms with Gasteiger partial charge in [0.1, 0.15) is 11.5 Å². The lowest BCUT2D eigenvalue weighted by molar-refractivity contribution is 0.304. The fraction of sp³-hybridized carbons (Fsp3) is 0.316. The van der Waals surface area contributed by atoms with Gasteiger partial charge in [0.15, 0.2) is 0 Å². The molecule has 0 aliphatic carbocycles. The number of ether oxygens (including phenoxy) is 2. The van der Waals surface area contributed by atoms with Crippen LogP contribution in [0.5, 0.6) is 11.5 Å². The second-order valence-electron chi connectivity index (χ2n) is 5.09. The minimum Gasteiger partial charge on any atom is -0.494 e. The smallest absolute Gasteiger partial charge is 0.122 e. The van der Waals surface area contributed by atoms with E-state index in [1.807, 2.05) is 62.4 Å². The van der Waals surface area contributed by atoms with Gasteiger partial charge in [-0.15, -0.1) is 0 Å². The van der Waals surface area contributed by atoms with E-state index in [4.69, 9.17) is 9.47 Å². The van der Waals surface area contributed by atoms with Gasteiger partial charge in [-0.05, 0) is 43.2 Å². The summed E-state index contributed by atoms with van der Waals surface area (Å²) in [5, 5.41) is 9.37. The molecule has 1 atom stereocenters. The van der Waals surface area contributed by atoms with Crippen molar-refractivity contribution in [3.8, 4) is 17.6 Å². The quantitative estimate of drug-likeness (QED) is 0.757. The van der Waals surface area contributed by atoms with Crippen molar-refractivity contribution in [3.05, 3.63) is 59.7 Å². The normalized spacial score (nSPS) is 11.5. The highest BCUT2D eigenvalue weighted by atomic mass is 16.5. The van der Waals surface area contributed by atoms with E-state index < -0.39 is 0 Å². The summed E-state index contributed by atoms with van der Waals surface area (Å²) < 4.78 is 11.2. The Morgan fingerprint density at radius 2 is 1.77 bits per heavy atom. The van der Waals surface area contributed by atoms with Gasteiger partial charge in [-0.1, -0.05) is 30.3 Å². The number of aryl methyl sites for hydroxylation is 1. The van der Waals surface area contributed by atoms with Crippen LogP contribution in [0.2, 0.25) is 0 Å². The van der Waals surface area contributed by atoms with Gasteiger partial charge in [0, 0.05) is 6.42 Å². The molecule has 0 saturated heterocycles. The van der Waals surface area contributed by atoms with Crippen LogP contribution < -0.4 is 9.47 Å². The molecule has 0 spiro atoms. The minimum absolute atomic E-state index is 0.167. The second kappa shape index (κ2) is 8.09. The van der Waals surface area contributed by atoms with Crippen LogP contribution in [-0.4, -0.2) is 13.2 Å². The van der Waals surface area contributed by atoms with Crippen LogP contribution in [0.4, 0.5) is 0 Å². The van der Waals surface area contributed by atoms with Gasteiger partial charge in [0.05, 0.1) is 25.2 Å². The third kappa shape index (κ3) is 4.26. The van der Waals surface area contributed by atoms with E-state index in [2.05, 4.69) is 6.07 Å². The molecular weight excluding hydrogens is 274 g/mol. The number of nitriles is 1. The lowest BCUT2D eigenvalue weighted by atomic mass is 9.97. The Balaban J connectivity index is 1.92. The Morgan fingerprint density at radius 3 is 2.41 bits per heavy atom. The molecule has 0 aliphatic heterocycles. The van der Waals surface area contributed by atoms with Crippen molar-refractivity contribution in [2.75, 3.05) is 13.2 Å². The molecule has 0 N–H and O–H groups in total. The van der Waals surface area contributed by atoms with E-state index in [0.717, 1.165) is 22.6 Å². The topological polar surface area (TPSA) is 42.2 Å². The molecule has 0 heterocycles. The molecule has 0 saturated carbocycles. The van der Waals surface area contributed by atoms with Gasteiger partial charge < -0.3 is 9.47 Å². The predicted octanol–water partition coefficient (Wildman–Crippen LogP) is 4.47. The molecule has 0 bridgehead atoms. The molecule has 1 unspecified atom stereocenters. The Morgan fingerprint density at radius 1 is 1.05 bits per heavy atom. The first kappa shape index (κ1) is 15.9. The maximum Gasteiger partial charge on any atom is 0.122 e. The maximum absolute atomic E-state index is 9.37. The number of para-hydroxylation sites is 1. The molecule has 2 rings (SSSR count). The van der Waals surface area contributed by atoms with Crippen molar-refractivity contribution in [2.45, 2.75) is 26.2 Å². The molecule has 114 valence electrons. The van der Waals surface area contributed by atoms with Crippen LogP contribution in [0.3, 0.4) is 0 Å². The van der Waals surface area contributed by atoms with Gasteiger partial charge in [-0.2, -0.15) is 5.26 Å². The molecule has 2 aromatic carbocycles. The van der Waals surface area contributed by atoms with Gasteiger partial charge >= 0.3 is 0 Å². The second-order valence-corrected chi connectivity index (χ2v) is 5.09. The van der Waals surface area contributed by atoms with Crippen LogP contribution in [0.1, 0.15) is 30.4 Å². The maximum atomic E-state index is 9.37. The van der Waals surface area contributed by atoms with Crippen molar-refractivity contribution >= 4 is 0 Å². The number of hydrogen-bond donors (Lipinski definition) is 0. The van der Waals surface area contributed by atoms with E-state index in [9.17, 15) is 5.26 Å². The highest BCUT2D eigenvalue weighted by Crippen LogP contribution is 2.23. The first-order valence-corrected chi connectivity index (χ1v) is 7.55. The number of nitrogens with zero attached hydrogens (tertiary/aromatic N) is 1. The summed E-state index contributed by atoms with van der Waals surface area (Å²) in [5.74, 6) is 1.55. The van der Waals surface area contributed by atoms with Crippen molar-refractivity contribution < 1.29 is 9.47 Å². The standard InChI is InChI=1S/C19H21NO2/c1-3-21-18-10-8-16(9-11-18)17(14-20)12-13-22-19-7-5-4-6-15(19)2/h4-11,17H,3,12-13H2,1-2H3. The van der Waals surface area contributed by atoms with Gasteiger partial charge in [-0.3, -0.25) is 0 Å². The fourth-order valence-corrected chi connectivity index (χ4v) is 2.27. The molecule has 0 fully saturated rings. The Labute approximate surface area is 132 Å². The first-order valence-electron chi connectivity index (χ1n) is 7.55. The summed E-state index contributed by atoms with van der Waals surface area (Å²) >= 11 is 0. The average molecular weight is 295 g/mol. The number of rotatable bonds is 7. The molecule has 0 radical (unpaired) electrons. The van der Waals surface area contributed by atoms with E-state index in [0.29, 0.717) is 19.6 Å². The first-order chi connectivity index (χ1) is 10.7. The molecule has 22 heavy (non-hydrogen) atoms. The summed E-state index contributed by atoms with van der Waals surface area (Å²) in [6.45, 7) is 5.14. The summed E-state index contributed by atoms with van der Waals surface area (Å²) in [7, 11) is 0. The lowest BCUT2D eigenvalue weighted by Crippen LogP contribution is -2.05. The van der Waals surface area contributed by atoms with Crippen molar-refractivity contribution in [1.82, 2.24) is 0 Å². The van der Waals surface area contributed by atoms with Crippen LogP contribution >= 0.6 is 0 Å². The zero-order valence-corrected chi connectivity index (χ0v) is 13.1. The average Bonchev–Trinajstić information content (AvgIpc) is 2.54. The van der Waals surface area contributed by atoms with Crippen LogP contribution in [0, 0.1) is 18.3 Å². The fourth-order valence-electron chi connectivity index (χ4n) is 2.27. The highest BCUT2D eigenvalue weighted by Gasteiger charge is 2.11. The van der Waals surface area contributed by atoms with E-state index in [1.165, 1.54) is 0 Å².